The summed E-state index contributed by atoms with van der Waals surface area (Å²) in [4.78, 5) is 14.0. The Balaban J connectivity index is 1.72. The lowest BCUT2D eigenvalue weighted by molar-refractivity contribution is 0.0780. The predicted octanol–water partition coefficient (Wildman–Crippen LogP) is 2.75. The number of carbonyl (C=O) groups excluding carboxylic acids is 1. The van der Waals surface area contributed by atoms with Crippen LogP contribution in [0.2, 0.25) is 0 Å². The molecular formula is C15H15FN2O2. The Morgan fingerprint density at radius 2 is 2.30 bits per heavy atom. The van der Waals surface area contributed by atoms with Crippen LogP contribution < -0.4 is 0 Å². The predicted molar refractivity (Wildman–Crippen MR) is 70.9 cm³/mol. The van der Waals surface area contributed by atoms with Crippen LogP contribution in [-0.4, -0.2) is 29.1 Å². The minimum atomic E-state index is -0.237. The van der Waals surface area contributed by atoms with E-state index in [9.17, 15) is 9.18 Å². The zero-order valence-electron chi connectivity index (χ0n) is 11.2. The van der Waals surface area contributed by atoms with Gasteiger partial charge in [-0.1, -0.05) is 17.3 Å². The van der Waals surface area contributed by atoms with Gasteiger partial charge in [0.25, 0.3) is 5.91 Å². The Hall–Kier alpha value is -2.17. The number of amides is 1. The van der Waals surface area contributed by atoms with Crippen LogP contribution in [0, 0.1) is 12.7 Å². The first-order valence-electron chi connectivity index (χ1n) is 6.61. The molecule has 1 aromatic carbocycles. The fraction of sp³-hybridized carbons (Fsp3) is 0.333. The van der Waals surface area contributed by atoms with E-state index in [4.69, 9.17) is 4.52 Å². The van der Waals surface area contributed by atoms with Crippen molar-refractivity contribution in [2.45, 2.75) is 19.3 Å². The number of hydrogen-bond acceptors (Lipinski definition) is 3. The molecule has 1 saturated heterocycles. The quantitative estimate of drug-likeness (QED) is 0.846. The summed E-state index contributed by atoms with van der Waals surface area (Å²) < 4.78 is 18.2. The van der Waals surface area contributed by atoms with Gasteiger partial charge in [-0.2, -0.15) is 0 Å². The van der Waals surface area contributed by atoms with Crippen LogP contribution in [0.5, 0.6) is 0 Å². The SMILES string of the molecule is Cc1cc(C(=O)N2CC[C@@H](c3cccc(F)c3)C2)no1. The van der Waals surface area contributed by atoms with Gasteiger partial charge in [-0.15, -0.1) is 0 Å². The maximum atomic E-state index is 13.2. The number of aromatic nitrogens is 1. The van der Waals surface area contributed by atoms with E-state index in [1.54, 1.807) is 30.0 Å². The van der Waals surface area contributed by atoms with E-state index in [1.165, 1.54) is 6.07 Å². The topological polar surface area (TPSA) is 46.3 Å². The molecule has 0 bridgehead atoms. The summed E-state index contributed by atoms with van der Waals surface area (Å²) in [6.45, 7) is 3.00. The van der Waals surface area contributed by atoms with Crippen molar-refractivity contribution >= 4 is 5.91 Å². The fourth-order valence-corrected chi connectivity index (χ4v) is 2.61. The molecule has 1 aliphatic heterocycles. The third kappa shape index (κ3) is 2.43. The highest BCUT2D eigenvalue weighted by Crippen LogP contribution is 2.28. The molecule has 0 radical (unpaired) electrons. The Bertz CT molecular complexity index is 638. The van der Waals surface area contributed by atoms with Crippen molar-refractivity contribution in [2.24, 2.45) is 0 Å². The lowest BCUT2D eigenvalue weighted by Gasteiger charge is -2.15. The first-order chi connectivity index (χ1) is 9.63. The van der Waals surface area contributed by atoms with Gasteiger partial charge in [0.05, 0.1) is 0 Å². The lowest BCUT2D eigenvalue weighted by atomic mass is 9.98. The number of carbonyl (C=O) groups is 1. The summed E-state index contributed by atoms with van der Waals surface area (Å²) in [5.41, 5.74) is 1.28. The van der Waals surface area contributed by atoms with Crippen molar-refractivity contribution in [3.8, 4) is 0 Å². The minimum absolute atomic E-state index is 0.124. The highest BCUT2D eigenvalue weighted by molar-refractivity contribution is 5.92. The van der Waals surface area contributed by atoms with Gasteiger partial charge < -0.3 is 9.42 Å². The molecule has 0 unspecified atom stereocenters. The Labute approximate surface area is 116 Å². The summed E-state index contributed by atoms with van der Waals surface area (Å²) in [6, 6.07) is 8.22. The molecule has 0 saturated carbocycles. The van der Waals surface area contributed by atoms with Crippen molar-refractivity contribution in [1.29, 1.82) is 0 Å². The van der Waals surface area contributed by atoms with E-state index in [-0.39, 0.29) is 17.6 Å². The van der Waals surface area contributed by atoms with Crippen LogP contribution in [0.1, 0.15) is 34.2 Å². The second-order valence-electron chi connectivity index (χ2n) is 5.11. The number of nitrogens with zero attached hydrogens (tertiary/aromatic N) is 2. The molecule has 0 aliphatic carbocycles. The molecule has 1 amide bonds. The van der Waals surface area contributed by atoms with Gasteiger partial charge in [0.2, 0.25) is 0 Å². The summed E-state index contributed by atoms with van der Waals surface area (Å²) in [7, 11) is 0. The maximum absolute atomic E-state index is 13.2. The Morgan fingerprint density at radius 1 is 1.45 bits per heavy atom. The average molecular weight is 274 g/mol. The van der Waals surface area contributed by atoms with Crippen LogP contribution >= 0.6 is 0 Å². The van der Waals surface area contributed by atoms with Crippen LogP contribution in [-0.2, 0) is 0 Å². The molecular weight excluding hydrogens is 259 g/mol. The summed E-state index contributed by atoms with van der Waals surface area (Å²) in [5.74, 6) is 0.442. The standard InChI is InChI=1S/C15H15FN2O2/c1-10-7-14(17-20-10)15(19)18-6-5-12(9-18)11-3-2-4-13(16)8-11/h2-4,7-8,12H,5-6,9H2,1H3/t12-/m1/s1. The molecule has 3 rings (SSSR count). The largest absolute Gasteiger partial charge is 0.361 e. The first-order valence-corrected chi connectivity index (χ1v) is 6.61. The monoisotopic (exact) mass is 274 g/mol. The number of rotatable bonds is 2. The van der Waals surface area contributed by atoms with Crippen LogP contribution in [0.25, 0.3) is 0 Å². The van der Waals surface area contributed by atoms with E-state index >= 15 is 0 Å². The van der Waals surface area contributed by atoms with Crippen LogP contribution in [0.15, 0.2) is 34.9 Å². The van der Waals surface area contributed by atoms with Crippen molar-refractivity contribution in [3.63, 3.8) is 0 Å². The zero-order valence-corrected chi connectivity index (χ0v) is 11.2. The summed E-state index contributed by atoms with van der Waals surface area (Å²) in [6.07, 6.45) is 0.839. The molecule has 0 spiro atoms. The molecule has 0 N–H and O–H groups in total. The lowest BCUT2D eigenvalue weighted by Crippen LogP contribution is -2.28. The number of likely N-dealkylation sites (tertiary alicyclic amines) is 1. The van der Waals surface area contributed by atoms with Crippen molar-refractivity contribution in [1.82, 2.24) is 10.1 Å². The number of aryl methyl sites for hydroxylation is 1. The van der Waals surface area contributed by atoms with Gasteiger partial charge in [-0.25, -0.2) is 4.39 Å². The zero-order chi connectivity index (χ0) is 14.1. The molecule has 5 heteroatoms. The molecule has 4 nitrogen and oxygen atoms in total. The number of halogens is 1. The third-order valence-corrected chi connectivity index (χ3v) is 3.64. The van der Waals surface area contributed by atoms with Crippen molar-refractivity contribution in [3.05, 3.63) is 53.2 Å². The van der Waals surface area contributed by atoms with E-state index in [0.717, 1.165) is 12.0 Å². The third-order valence-electron chi connectivity index (χ3n) is 3.64. The smallest absolute Gasteiger partial charge is 0.276 e. The Morgan fingerprint density at radius 3 is 3.00 bits per heavy atom. The second kappa shape index (κ2) is 5.07. The summed E-state index contributed by atoms with van der Waals surface area (Å²) in [5, 5.41) is 3.75. The molecule has 2 aromatic rings. The van der Waals surface area contributed by atoms with E-state index in [2.05, 4.69) is 5.16 Å². The molecule has 1 aromatic heterocycles. The highest BCUT2D eigenvalue weighted by Gasteiger charge is 2.29. The van der Waals surface area contributed by atoms with Gasteiger partial charge in [-0.05, 0) is 31.0 Å². The maximum Gasteiger partial charge on any atom is 0.276 e. The fourth-order valence-electron chi connectivity index (χ4n) is 2.61. The minimum Gasteiger partial charge on any atom is -0.361 e. The van der Waals surface area contributed by atoms with Gasteiger partial charge in [0, 0.05) is 25.1 Å². The number of hydrogen-bond donors (Lipinski definition) is 0. The van der Waals surface area contributed by atoms with E-state index in [0.29, 0.717) is 24.5 Å². The second-order valence-corrected chi connectivity index (χ2v) is 5.11. The van der Waals surface area contributed by atoms with Crippen molar-refractivity contribution in [2.75, 3.05) is 13.1 Å². The summed E-state index contributed by atoms with van der Waals surface area (Å²) >= 11 is 0. The molecule has 1 aliphatic rings. The number of benzene rings is 1. The molecule has 20 heavy (non-hydrogen) atoms. The highest BCUT2D eigenvalue weighted by atomic mass is 19.1. The van der Waals surface area contributed by atoms with Gasteiger partial charge >= 0.3 is 0 Å². The average Bonchev–Trinajstić information content (AvgIpc) is 3.07. The normalized spacial score (nSPS) is 18.5. The first kappa shape index (κ1) is 12.8. The van der Waals surface area contributed by atoms with Crippen LogP contribution in [0.4, 0.5) is 4.39 Å². The van der Waals surface area contributed by atoms with Gasteiger partial charge in [0.15, 0.2) is 5.69 Å². The Kier molecular flexibility index (Phi) is 3.26. The van der Waals surface area contributed by atoms with E-state index < -0.39 is 0 Å². The van der Waals surface area contributed by atoms with Crippen molar-refractivity contribution < 1.29 is 13.7 Å². The molecule has 2 heterocycles. The van der Waals surface area contributed by atoms with E-state index in [1.807, 2.05) is 6.07 Å². The molecule has 1 atom stereocenters. The van der Waals surface area contributed by atoms with Gasteiger partial charge in [0.1, 0.15) is 11.6 Å². The van der Waals surface area contributed by atoms with Crippen LogP contribution in [0.3, 0.4) is 0 Å². The van der Waals surface area contributed by atoms with Gasteiger partial charge in [-0.3, -0.25) is 4.79 Å². The molecule has 104 valence electrons. The molecule has 1 fully saturated rings.